The number of carbonyl (C=O) groups excluding carboxylic acids is 1. The Balaban J connectivity index is 2.00. The molecule has 5 nitrogen and oxygen atoms in total. The molecule has 0 bridgehead atoms. The molecule has 0 aliphatic rings. The zero-order chi connectivity index (χ0) is 18.9. The summed E-state index contributed by atoms with van der Waals surface area (Å²) in [5, 5.41) is 15.0. The van der Waals surface area contributed by atoms with Gasteiger partial charge in [-0.05, 0) is 29.5 Å². The van der Waals surface area contributed by atoms with E-state index in [0.717, 1.165) is 29.7 Å². The number of hydrogen-bond donors (Lipinski definition) is 3. The first-order valence-corrected chi connectivity index (χ1v) is 8.89. The van der Waals surface area contributed by atoms with Crippen molar-refractivity contribution in [2.24, 2.45) is 5.92 Å². The fourth-order valence-corrected chi connectivity index (χ4v) is 2.78. The Morgan fingerprint density at radius 2 is 1.69 bits per heavy atom. The van der Waals surface area contributed by atoms with Gasteiger partial charge in [-0.2, -0.15) is 0 Å². The second-order valence-electron chi connectivity index (χ2n) is 6.45. The van der Waals surface area contributed by atoms with Gasteiger partial charge in [0.2, 0.25) is 5.91 Å². The summed E-state index contributed by atoms with van der Waals surface area (Å²) in [6, 6.07) is 17.0. The molecular formula is C21H26N2O3. The second kappa shape index (κ2) is 9.73. The van der Waals surface area contributed by atoms with Gasteiger partial charge in [-0.3, -0.25) is 14.9 Å². The molecule has 0 aromatic heterocycles. The van der Waals surface area contributed by atoms with Crippen LogP contribution in [0, 0.1) is 5.92 Å². The summed E-state index contributed by atoms with van der Waals surface area (Å²) in [6.45, 7) is 3.75. The van der Waals surface area contributed by atoms with E-state index in [-0.39, 0.29) is 18.4 Å². The molecule has 0 radical (unpaired) electrons. The molecule has 0 aliphatic heterocycles. The first-order chi connectivity index (χ1) is 12.5. The molecule has 0 fully saturated rings. The van der Waals surface area contributed by atoms with Crippen molar-refractivity contribution in [2.75, 3.05) is 11.9 Å². The summed E-state index contributed by atoms with van der Waals surface area (Å²) in [5.74, 6) is -1.23. The number of carbonyl (C=O) groups is 2. The lowest BCUT2D eigenvalue weighted by Gasteiger charge is -2.20. The van der Waals surface area contributed by atoms with E-state index in [4.69, 9.17) is 0 Å². The summed E-state index contributed by atoms with van der Waals surface area (Å²) in [7, 11) is 0. The van der Waals surface area contributed by atoms with Gasteiger partial charge >= 0.3 is 5.97 Å². The number of aliphatic carboxylic acids is 1. The molecule has 0 aliphatic carbocycles. The van der Waals surface area contributed by atoms with E-state index in [1.165, 1.54) is 0 Å². The van der Waals surface area contributed by atoms with Crippen molar-refractivity contribution < 1.29 is 14.7 Å². The van der Waals surface area contributed by atoms with E-state index in [1.807, 2.05) is 68.4 Å². The highest BCUT2D eigenvalue weighted by atomic mass is 16.4. The number of amides is 1. The molecular weight excluding hydrogens is 328 g/mol. The number of anilines is 1. The third kappa shape index (κ3) is 5.70. The van der Waals surface area contributed by atoms with Crippen LogP contribution in [0.5, 0.6) is 0 Å². The standard InChI is InChI=1S/C21H26N2O3/c1-3-15(2)20(21(25)26)22-14-19(24)23-18-12-8-7-11-17(18)13-16-9-5-4-6-10-16/h4-12,15,20,22H,3,13-14H2,1-2H3,(H,23,24)(H,25,26)/t15-,20-/m0/s1. The Morgan fingerprint density at radius 1 is 1.04 bits per heavy atom. The van der Waals surface area contributed by atoms with Gasteiger partial charge in [0.1, 0.15) is 6.04 Å². The monoisotopic (exact) mass is 354 g/mol. The van der Waals surface area contributed by atoms with E-state index in [1.54, 1.807) is 0 Å². The third-order valence-electron chi connectivity index (χ3n) is 4.49. The highest BCUT2D eigenvalue weighted by Crippen LogP contribution is 2.19. The molecule has 2 atom stereocenters. The fourth-order valence-electron chi connectivity index (χ4n) is 2.78. The fraction of sp³-hybridized carbons (Fsp3) is 0.333. The lowest BCUT2D eigenvalue weighted by atomic mass is 9.99. The van der Waals surface area contributed by atoms with Crippen LogP contribution in [0.4, 0.5) is 5.69 Å². The molecule has 0 saturated carbocycles. The van der Waals surface area contributed by atoms with Gasteiger partial charge in [0.25, 0.3) is 0 Å². The second-order valence-corrected chi connectivity index (χ2v) is 6.45. The zero-order valence-corrected chi connectivity index (χ0v) is 15.2. The summed E-state index contributed by atoms with van der Waals surface area (Å²) < 4.78 is 0. The minimum absolute atomic E-state index is 0.0407. The molecule has 3 N–H and O–H groups in total. The number of para-hydroxylation sites is 1. The lowest BCUT2D eigenvalue weighted by molar-refractivity contribution is -0.140. The van der Waals surface area contributed by atoms with E-state index in [9.17, 15) is 14.7 Å². The zero-order valence-electron chi connectivity index (χ0n) is 15.2. The van der Waals surface area contributed by atoms with Crippen LogP contribution in [0.2, 0.25) is 0 Å². The Labute approximate surface area is 154 Å². The van der Waals surface area contributed by atoms with E-state index in [0.29, 0.717) is 0 Å². The van der Waals surface area contributed by atoms with Crippen LogP contribution in [0.3, 0.4) is 0 Å². The molecule has 26 heavy (non-hydrogen) atoms. The van der Waals surface area contributed by atoms with Crippen LogP contribution < -0.4 is 10.6 Å². The van der Waals surface area contributed by atoms with Crippen molar-refractivity contribution in [3.63, 3.8) is 0 Å². The molecule has 0 heterocycles. The van der Waals surface area contributed by atoms with Crippen molar-refractivity contribution >= 4 is 17.6 Å². The third-order valence-corrected chi connectivity index (χ3v) is 4.49. The van der Waals surface area contributed by atoms with Crippen molar-refractivity contribution in [3.05, 3.63) is 65.7 Å². The van der Waals surface area contributed by atoms with Crippen LogP contribution in [0.15, 0.2) is 54.6 Å². The number of nitrogens with one attached hydrogen (secondary N) is 2. The maximum Gasteiger partial charge on any atom is 0.320 e. The van der Waals surface area contributed by atoms with Gasteiger partial charge in [-0.15, -0.1) is 0 Å². The first kappa shape index (κ1) is 19.7. The van der Waals surface area contributed by atoms with Crippen molar-refractivity contribution in [1.82, 2.24) is 5.32 Å². The van der Waals surface area contributed by atoms with Crippen LogP contribution >= 0.6 is 0 Å². The van der Waals surface area contributed by atoms with Gasteiger partial charge in [0.05, 0.1) is 6.54 Å². The van der Waals surface area contributed by atoms with Gasteiger partial charge in [0, 0.05) is 5.69 Å². The molecule has 2 rings (SSSR count). The summed E-state index contributed by atoms with van der Waals surface area (Å²) in [4.78, 5) is 23.6. The van der Waals surface area contributed by atoms with Gasteiger partial charge in [0.15, 0.2) is 0 Å². The average Bonchev–Trinajstić information content (AvgIpc) is 2.64. The van der Waals surface area contributed by atoms with Gasteiger partial charge in [-0.1, -0.05) is 68.8 Å². The number of hydrogen-bond acceptors (Lipinski definition) is 3. The average molecular weight is 354 g/mol. The van der Waals surface area contributed by atoms with Crippen molar-refractivity contribution in [2.45, 2.75) is 32.7 Å². The number of rotatable bonds is 9. The Kier molecular flexibility index (Phi) is 7.36. The Hall–Kier alpha value is -2.66. The number of carboxylic acids is 1. The van der Waals surface area contributed by atoms with Gasteiger partial charge in [-0.25, -0.2) is 0 Å². The molecule has 2 aromatic carbocycles. The highest BCUT2D eigenvalue weighted by molar-refractivity contribution is 5.93. The van der Waals surface area contributed by atoms with Crippen LogP contribution in [0.1, 0.15) is 31.4 Å². The predicted molar refractivity (Wildman–Crippen MR) is 103 cm³/mol. The van der Waals surface area contributed by atoms with Crippen molar-refractivity contribution in [1.29, 1.82) is 0 Å². The van der Waals surface area contributed by atoms with Gasteiger partial charge < -0.3 is 10.4 Å². The maximum absolute atomic E-state index is 12.3. The first-order valence-electron chi connectivity index (χ1n) is 8.89. The quantitative estimate of drug-likeness (QED) is 0.646. The molecule has 2 aromatic rings. The van der Waals surface area contributed by atoms with Crippen LogP contribution in [0.25, 0.3) is 0 Å². The largest absolute Gasteiger partial charge is 0.480 e. The SMILES string of the molecule is CC[C@H](C)[C@H](NCC(=O)Nc1ccccc1Cc1ccccc1)C(=O)O. The predicted octanol–water partition coefficient (Wildman–Crippen LogP) is 3.30. The highest BCUT2D eigenvalue weighted by Gasteiger charge is 2.23. The normalized spacial score (nSPS) is 13.0. The molecule has 0 spiro atoms. The van der Waals surface area contributed by atoms with E-state index < -0.39 is 12.0 Å². The molecule has 0 unspecified atom stereocenters. The summed E-state index contributed by atoms with van der Waals surface area (Å²) >= 11 is 0. The van der Waals surface area contributed by atoms with Crippen LogP contribution in [-0.2, 0) is 16.0 Å². The van der Waals surface area contributed by atoms with Crippen LogP contribution in [-0.4, -0.2) is 29.6 Å². The molecule has 138 valence electrons. The minimum Gasteiger partial charge on any atom is -0.480 e. The maximum atomic E-state index is 12.3. The Bertz CT molecular complexity index is 731. The van der Waals surface area contributed by atoms with Crippen molar-refractivity contribution in [3.8, 4) is 0 Å². The number of carboxylic acid groups (broad SMARTS) is 1. The minimum atomic E-state index is -0.934. The van der Waals surface area contributed by atoms with E-state index >= 15 is 0 Å². The topological polar surface area (TPSA) is 78.4 Å². The molecule has 5 heteroatoms. The summed E-state index contributed by atoms with van der Waals surface area (Å²) in [6.07, 6.45) is 1.45. The van der Waals surface area contributed by atoms with E-state index in [2.05, 4.69) is 10.6 Å². The Morgan fingerprint density at radius 3 is 2.35 bits per heavy atom. The summed E-state index contributed by atoms with van der Waals surface area (Å²) in [5.41, 5.74) is 2.93. The lowest BCUT2D eigenvalue weighted by Crippen LogP contribution is -2.45. The number of benzene rings is 2. The molecule has 1 amide bonds. The smallest absolute Gasteiger partial charge is 0.320 e. The molecule has 0 saturated heterocycles.